The van der Waals surface area contributed by atoms with Gasteiger partial charge in [-0.05, 0) is 37.3 Å². The van der Waals surface area contributed by atoms with Crippen LogP contribution in [0.2, 0.25) is 0 Å². The zero-order valence-corrected chi connectivity index (χ0v) is 16.8. The van der Waals surface area contributed by atoms with Gasteiger partial charge in [-0.15, -0.1) is 0 Å². The molecule has 0 saturated carbocycles. The molecule has 0 aliphatic heterocycles. The number of rotatable bonds is 7. The second kappa shape index (κ2) is 7.71. The zero-order valence-electron chi connectivity index (χ0n) is 15.1. The Bertz CT molecular complexity index is 1120. The molecule has 1 N–H and O–H groups in total. The maximum atomic E-state index is 12.6. The molecule has 0 spiro atoms. The standard InChI is InChI=1S/C18H20N2O5S2/c1-12(11-25-16-7-5-4-6-15(16)24-3)19-27(22,23)13-8-9-14-17(10-13)26-18(21)20(14)2/h4-10,12,19H,11H2,1-3H3. The first kappa shape index (κ1) is 19.4. The number of benzene rings is 2. The number of ether oxygens (including phenoxy) is 2. The number of hydrogen-bond acceptors (Lipinski definition) is 6. The van der Waals surface area contributed by atoms with E-state index in [1.54, 1.807) is 39.3 Å². The first-order valence-electron chi connectivity index (χ1n) is 8.19. The van der Waals surface area contributed by atoms with Crippen LogP contribution in [-0.4, -0.2) is 32.7 Å². The van der Waals surface area contributed by atoms with Crippen LogP contribution in [0.4, 0.5) is 0 Å². The Labute approximate surface area is 161 Å². The predicted molar refractivity (Wildman–Crippen MR) is 105 cm³/mol. The van der Waals surface area contributed by atoms with Gasteiger partial charge in [0, 0.05) is 7.05 Å². The van der Waals surface area contributed by atoms with E-state index >= 15 is 0 Å². The van der Waals surface area contributed by atoms with E-state index in [9.17, 15) is 13.2 Å². The summed E-state index contributed by atoms with van der Waals surface area (Å²) in [5, 5.41) is 0. The lowest BCUT2D eigenvalue weighted by molar-refractivity contribution is 0.271. The van der Waals surface area contributed by atoms with Gasteiger partial charge in [0.05, 0.1) is 28.3 Å². The maximum Gasteiger partial charge on any atom is 0.307 e. The fourth-order valence-corrected chi connectivity index (χ4v) is 4.85. The third kappa shape index (κ3) is 4.15. The van der Waals surface area contributed by atoms with Gasteiger partial charge in [0.2, 0.25) is 10.0 Å². The average Bonchev–Trinajstić information content (AvgIpc) is 2.93. The molecular formula is C18H20N2O5S2. The van der Waals surface area contributed by atoms with Crippen molar-refractivity contribution in [2.45, 2.75) is 17.9 Å². The highest BCUT2D eigenvalue weighted by Crippen LogP contribution is 2.26. The quantitative estimate of drug-likeness (QED) is 0.649. The van der Waals surface area contributed by atoms with Crippen molar-refractivity contribution in [3.05, 3.63) is 52.1 Å². The second-order valence-electron chi connectivity index (χ2n) is 6.04. The van der Waals surface area contributed by atoms with Gasteiger partial charge in [-0.25, -0.2) is 13.1 Å². The van der Waals surface area contributed by atoms with Crippen LogP contribution in [0, 0.1) is 0 Å². The fourth-order valence-electron chi connectivity index (χ4n) is 2.60. The molecule has 0 saturated heterocycles. The van der Waals surface area contributed by atoms with Gasteiger partial charge in [-0.1, -0.05) is 23.5 Å². The van der Waals surface area contributed by atoms with Gasteiger partial charge in [0.25, 0.3) is 0 Å². The molecule has 1 aromatic heterocycles. The Kier molecular flexibility index (Phi) is 5.54. The van der Waals surface area contributed by atoms with Crippen molar-refractivity contribution in [3.63, 3.8) is 0 Å². The smallest absolute Gasteiger partial charge is 0.307 e. The molecule has 0 radical (unpaired) electrons. The molecule has 1 unspecified atom stereocenters. The summed E-state index contributed by atoms with van der Waals surface area (Å²) in [6.45, 7) is 1.85. The minimum atomic E-state index is -3.74. The second-order valence-corrected chi connectivity index (χ2v) is 8.75. The number of aryl methyl sites for hydroxylation is 1. The highest BCUT2D eigenvalue weighted by Gasteiger charge is 2.19. The first-order valence-corrected chi connectivity index (χ1v) is 10.5. The van der Waals surface area contributed by atoms with Crippen molar-refractivity contribution in [3.8, 4) is 11.5 Å². The molecule has 1 atom stereocenters. The van der Waals surface area contributed by atoms with E-state index in [0.29, 0.717) is 21.7 Å². The zero-order chi connectivity index (χ0) is 19.6. The van der Waals surface area contributed by atoms with E-state index in [4.69, 9.17) is 9.47 Å². The van der Waals surface area contributed by atoms with Crippen LogP contribution in [0.5, 0.6) is 11.5 Å². The van der Waals surface area contributed by atoms with Crippen LogP contribution in [-0.2, 0) is 17.1 Å². The Balaban J connectivity index is 1.73. The Morgan fingerprint density at radius 1 is 1.19 bits per heavy atom. The lowest BCUT2D eigenvalue weighted by Gasteiger charge is -2.16. The van der Waals surface area contributed by atoms with Gasteiger partial charge in [-0.2, -0.15) is 0 Å². The summed E-state index contributed by atoms with van der Waals surface area (Å²) >= 11 is 1.02. The van der Waals surface area contributed by atoms with E-state index in [1.165, 1.54) is 16.7 Å². The monoisotopic (exact) mass is 408 g/mol. The highest BCUT2D eigenvalue weighted by molar-refractivity contribution is 7.89. The van der Waals surface area contributed by atoms with Crippen LogP contribution in [0.3, 0.4) is 0 Å². The summed E-state index contributed by atoms with van der Waals surface area (Å²) in [4.78, 5) is 11.7. The number of thiazole rings is 1. The predicted octanol–water partition coefficient (Wildman–Crippen LogP) is 2.35. The number of methoxy groups -OCH3 is 1. The lowest BCUT2D eigenvalue weighted by Crippen LogP contribution is -2.36. The molecule has 0 amide bonds. The van der Waals surface area contributed by atoms with Crippen molar-refractivity contribution < 1.29 is 17.9 Å². The number of aromatic nitrogens is 1. The number of hydrogen-bond donors (Lipinski definition) is 1. The minimum absolute atomic E-state index is 0.112. The molecule has 144 valence electrons. The summed E-state index contributed by atoms with van der Waals surface area (Å²) in [5.41, 5.74) is 0.705. The maximum absolute atomic E-state index is 12.6. The fraction of sp³-hybridized carbons (Fsp3) is 0.278. The molecule has 0 bridgehead atoms. The van der Waals surface area contributed by atoms with Gasteiger partial charge in [0.1, 0.15) is 6.61 Å². The molecule has 0 fully saturated rings. The van der Waals surface area contributed by atoms with Crippen molar-refractivity contribution >= 4 is 31.6 Å². The molecule has 0 aliphatic carbocycles. The number of sulfonamides is 1. The number of nitrogens with one attached hydrogen (secondary N) is 1. The highest BCUT2D eigenvalue weighted by atomic mass is 32.2. The van der Waals surface area contributed by atoms with E-state index in [0.717, 1.165) is 11.3 Å². The minimum Gasteiger partial charge on any atom is -0.493 e. The molecule has 3 rings (SSSR count). The summed E-state index contributed by atoms with van der Waals surface area (Å²) in [7, 11) is -0.539. The number of nitrogens with zero attached hydrogens (tertiary/aromatic N) is 1. The molecule has 7 nitrogen and oxygen atoms in total. The lowest BCUT2D eigenvalue weighted by atomic mass is 10.3. The van der Waals surface area contributed by atoms with Crippen LogP contribution in [0.15, 0.2) is 52.2 Å². The molecule has 2 aromatic carbocycles. The largest absolute Gasteiger partial charge is 0.493 e. The van der Waals surface area contributed by atoms with E-state index in [-0.39, 0.29) is 16.4 Å². The summed E-state index contributed by atoms with van der Waals surface area (Å²) in [6.07, 6.45) is 0. The molecular weight excluding hydrogens is 388 g/mol. The summed E-state index contributed by atoms with van der Waals surface area (Å²) in [6, 6.07) is 11.3. The Morgan fingerprint density at radius 3 is 2.59 bits per heavy atom. The average molecular weight is 409 g/mol. The Hall–Kier alpha value is -2.36. The number of fused-ring (bicyclic) bond motifs is 1. The van der Waals surface area contributed by atoms with Gasteiger partial charge < -0.3 is 14.0 Å². The van der Waals surface area contributed by atoms with Crippen molar-refractivity contribution in [2.24, 2.45) is 7.05 Å². The SMILES string of the molecule is COc1ccccc1OCC(C)NS(=O)(=O)c1ccc2c(c1)sc(=O)n2C. The van der Waals surface area contributed by atoms with Crippen molar-refractivity contribution in [1.82, 2.24) is 9.29 Å². The van der Waals surface area contributed by atoms with E-state index in [2.05, 4.69) is 4.72 Å². The van der Waals surface area contributed by atoms with Crippen LogP contribution in [0.1, 0.15) is 6.92 Å². The molecule has 9 heteroatoms. The molecule has 0 aliphatic rings. The topological polar surface area (TPSA) is 86.6 Å². The van der Waals surface area contributed by atoms with Gasteiger partial charge in [-0.3, -0.25) is 4.79 Å². The van der Waals surface area contributed by atoms with Crippen molar-refractivity contribution in [1.29, 1.82) is 0 Å². The van der Waals surface area contributed by atoms with E-state index in [1.807, 2.05) is 12.1 Å². The van der Waals surface area contributed by atoms with Crippen molar-refractivity contribution in [2.75, 3.05) is 13.7 Å². The first-order chi connectivity index (χ1) is 12.8. The summed E-state index contributed by atoms with van der Waals surface area (Å²) in [5.74, 6) is 1.12. The Morgan fingerprint density at radius 2 is 1.89 bits per heavy atom. The normalized spacial score (nSPS) is 12.9. The third-order valence-electron chi connectivity index (χ3n) is 3.99. The van der Waals surface area contributed by atoms with Gasteiger partial charge >= 0.3 is 4.87 Å². The third-order valence-corrected chi connectivity index (χ3v) is 6.57. The number of para-hydroxylation sites is 2. The van der Waals surface area contributed by atoms with Crippen LogP contribution >= 0.6 is 11.3 Å². The van der Waals surface area contributed by atoms with E-state index < -0.39 is 16.1 Å². The van der Waals surface area contributed by atoms with Crippen LogP contribution < -0.4 is 19.1 Å². The molecule has 1 heterocycles. The van der Waals surface area contributed by atoms with Crippen LogP contribution in [0.25, 0.3) is 10.2 Å². The van der Waals surface area contributed by atoms with Gasteiger partial charge in [0.15, 0.2) is 11.5 Å². The summed E-state index contributed by atoms with van der Waals surface area (Å²) < 4.78 is 40.9. The molecule has 27 heavy (non-hydrogen) atoms. The molecule has 3 aromatic rings.